The third-order valence-corrected chi connectivity index (χ3v) is 2.34. The number of hydrogen-bond acceptors (Lipinski definition) is 3. The molecule has 0 heterocycles. The first-order chi connectivity index (χ1) is 7.04. The van der Waals surface area contributed by atoms with Crippen molar-refractivity contribution >= 4 is 21.9 Å². The SMILES string of the molecule is COC(=O)C(C)Oc1ccc(F)c(Br)c1. The molecule has 0 bridgehead atoms. The lowest BCUT2D eigenvalue weighted by Crippen LogP contribution is -2.24. The van der Waals surface area contributed by atoms with Gasteiger partial charge in [-0.2, -0.15) is 0 Å². The van der Waals surface area contributed by atoms with Gasteiger partial charge >= 0.3 is 5.97 Å². The van der Waals surface area contributed by atoms with E-state index in [0.29, 0.717) is 5.75 Å². The monoisotopic (exact) mass is 276 g/mol. The van der Waals surface area contributed by atoms with Crippen molar-refractivity contribution in [3.8, 4) is 5.75 Å². The fourth-order valence-electron chi connectivity index (χ4n) is 0.968. The van der Waals surface area contributed by atoms with Crippen LogP contribution in [0.15, 0.2) is 22.7 Å². The molecule has 1 aromatic carbocycles. The van der Waals surface area contributed by atoms with E-state index in [1.807, 2.05) is 0 Å². The van der Waals surface area contributed by atoms with Gasteiger partial charge in [-0.3, -0.25) is 0 Å². The van der Waals surface area contributed by atoms with Gasteiger partial charge < -0.3 is 9.47 Å². The lowest BCUT2D eigenvalue weighted by atomic mass is 10.3. The summed E-state index contributed by atoms with van der Waals surface area (Å²) in [5.74, 6) is -0.454. The summed E-state index contributed by atoms with van der Waals surface area (Å²) < 4.78 is 22.9. The Morgan fingerprint density at radius 3 is 2.73 bits per heavy atom. The lowest BCUT2D eigenvalue weighted by Gasteiger charge is -2.12. The first-order valence-electron chi connectivity index (χ1n) is 4.24. The number of rotatable bonds is 3. The summed E-state index contributed by atoms with van der Waals surface area (Å²) in [6, 6.07) is 4.15. The van der Waals surface area contributed by atoms with E-state index in [1.165, 1.54) is 25.3 Å². The Balaban J connectivity index is 2.73. The van der Waals surface area contributed by atoms with Gasteiger partial charge in [0, 0.05) is 0 Å². The second-order valence-corrected chi connectivity index (χ2v) is 3.71. The van der Waals surface area contributed by atoms with Gasteiger partial charge in [-0.05, 0) is 41.1 Å². The minimum absolute atomic E-state index is 0.289. The average Bonchev–Trinajstić information content (AvgIpc) is 2.22. The molecular weight excluding hydrogens is 267 g/mol. The summed E-state index contributed by atoms with van der Waals surface area (Å²) in [4.78, 5) is 11.0. The van der Waals surface area contributed by atoms with Gasteiger partial charge in [-0.1, -0.05) is 0 Å². The Labute approximate surface area is 95.3 Å². The molecular formula is C10H10BrFO3. The van der Waals surface area contributed by atoms with Crippen molar-refractivity contribution in [2.45, 2.75) is 13.0 Å². The van der Waals surface area contributed by atoms with E-state index in [2.05, 4.69) is 20.7 Å². The largest absolute Gasteiger partial charge is 0.479 e. The summed E-state index contributed by atoms with van der Waals surface area (Å²) in [6.45, 7) is 1.56. The van der Waals surface area contributed by atoms with Gasteiger partial charge in [-0.15, -0.1) is 0 Å². The van der Waals surface area contributed by atoms with E-state index < -0.39 is 12.1 Å². The van der Waals surface area contributed by atoms with E-state index in [4.69, 9.17) is 4.74 Å². The Morgan fingerprint density at radius 2 is 2.20 bits per heavy atom. The first kappa shape index (κ1) is 12.0. The highest BCUT2D eigenvalue weighted by atomic mass is 79.9. The summed E-state index contributed by atoms with van der Waals surface area (Å²) in [6.07, 6.45) is -0.715. The number of halogens is 2. The van der Waals surface area contributed by atoms with E-state index >= 15 is 0 Å². The molecule has 15 heavy (non-hydrogen) atoms. The molecule has 5 heteroatoms. The maximum absolute atomic E-state index is 12.9. The van der Waals surface area contributed by atoms with E-state index in [1.54, 1.807) is 6.92 Å². The number of ether oxygens (including phenoxy) is 2. The molecule has 1 aromatic rings. The van der Waals surface area contributed by atoms with Crippen LogP contribution in [0.1, 0.15) is 6.92 Å². The molecule has 1 unspecified atom stereocenters. The molecule has 0 aliphatic rings. The molecule has 0 amide bonds. The quantitative estimate of drug-likeness (QED) is 0.796. The van der Waals surface area contributed by atoms with Crippen molar-refractivity contribution in [3.05, 3.63) is 28.5 Å². The number of carbonyl (C=O) groups excluding carboxylic acids is 1. The van der Waals surface area contributed by atoms with Gasteiger partial charge in [0.2, 0.25) is 0 Å². The summed E-state index contributed by atoms with van der Waals surface area (Å²) in [5.41, 5.74) is 0. The molecule has 0 spiro atoms. The molecule has 0 aliphatic heterocycles. The average molecular weight is 277 g/mol. The molecule has 0 fully saturated rings. The number of methoxy groups -OCH3 is 1. The molecule has 0 aliphatic carbocycles. The van der Waals surface area contributed by atoms with Gasteiger partial charge in [0.25, 0.3) is 0 Å². The smallest absolute Gasteiger partial charge is 0.346 e. The van der Waals surface area contributed by atoms with Crippen molar-refractivity contribution in [3.63, 3.8) is 0 Å². The Hall–Kier alpha value is -1.10. The second-order valence-electron chi connectivity index (χ2n) is 2.86. The fraction of sp³-hybridized carbons (Fsp3) is 0.300. The standard InChI is InChI=1S/C10H10BrFO3/c1-6(10(13)14-2)15-7-3-4-9(12)8(11)5-7/h3-6H,1-2H3. The van der Waals surface area contributed by atoms with E-state index in [-0.39, 0.29) is 10.3 Å². The van der Waals surface area contributed by atoms with Crippen LogP contribution >= 0.6 is 15.9 Å². The van der Waals surface area contributed by atoms with Crippen LogP contribution < -0.4 is 4.74 Å². The van der Waals surface area contributed by atoms with Crippen LogP contribution in [-0.2, 0) is 9.53 Å². The van der Waals surface area contributed by atoms with Crippen molar-refractivity contribution in [1.29, 1.82) is 0 Å². The van der Waals surface area contributed by atoms with Crippen LogP contribution in [0, 0.1) is 5.82 Å². The van der Waals surface area contributed by atoms with Crippen molar-refractivity contribution in [2.24, 2.45) is 0 Å². The van der Waals surface area contributed by atoms with Gasteiger partial charge in [0.15, 0.2) is 6.10 Å². The minimum Gasteiger partial charge on any atom is -0.479 e. The van der Waals surface area contributed by atoms with Gasteiger partial charge in [0.05, 0.1) is 11.6 Å². The Bertz CT molecular complexity index is 368. The maximum atomic E-state index is 12.9. The number of esters is 1. The highest BCUT2D eigenvalue weighted by Gasteiger charge is 2.15. The normalized spacial score (nSPS) is 12.0. The van der Waals surface area contributed by atoms with Crippen LogP contribution in [0.2, 0.25) is 0 Å². The zero-order valence-electron chi connectivity index (χ0n) is 8.29. The first-order valence-corrected chi connectivity index (χ1v) is 5.03. The predicted octanol–water partition coefficient (Wildman–Crippen LogP) is 2.53. The molecule has 1 atom stereocenters. The maximum Gasteiger partial charge on any atom is 0.346 e. The zero-order valence-corrected chi connectivity index (χ0v) is 9.88. The van der Waals surface area contributed by atoms with Gasteiger partial charge in [-0.25, -0.2) is 9.18 Å². The topological polar surface area (TPSA) is 35.5 Å². The molecule has 82 valence electrons. The number of hydrogen-bond donors (Lipinski definition) is 0. The fourth-order valence-corrected chi connectivity index (χ4v) is 1.33. The molecule has 1 rings (SSSR count). The third-order valence-electron chi connectivity index (χ3n) is 1.74. The molecule has 0 saturated carbocycles. The van der Waals surface area contributed by atoms with Crippen LogP contribution in [0.4, 0.5) is 4.39 Å². The van der Waals surface area contributed by atoms with Gasteiger partial charge in [0.1, 0.15) is 11.6 Å². The highest BCUT2D eigenvalue weighted by molar-refractivity contribution is 9.10. The predicted molar refractivity (Wildman–Crippen MR) is 56.2 cm³/mol. The van der Waals surface area contributed by atoms with Crippen molar-refractivity contribution in [1.82, 2.24) is 0 Å². The zero-order chi connectivity index (χ0) is 11.4. The van der Waals surface area contributed by atoms with Crippen molar-refractivity contribution in [2.75, 3.05) is 7.11 Å². The Morgan fingerprint density at radius 1 is 1.53 bits per heavy atom. The van der Waals surface area contributed by atoms with Crippen molar-refractivity contribution < 1.29 is 18.7 Å². The van der Waals surface area contributed by atoms with Crippen LogP contribution in [0.25, 0.3) is 0 Å². The lowest BCUT2D eigenvalue weighted by molar-refractivity contribution is -0.147. The highest BCUT2D eigenvalue weighted by Crippen LogP contribution is 2.22. The molecule has 3 nitrogen and oxygen atoms in total. The summed E-state index contributed by atoms with van der Waals surface area (Å²) in [5, 5.41) is 0. The second kappa shape index (κ2) is 5.11. The molecule has 0 aromatic heterocycles. The van der Waals surface area contributed by atoms with E-state index in [9.17, 15) is 9.18 Å². The molecule has 0 N–H and O–H groups in total. The molecule has 0 saturated heterocycles. The van der Waals surface area contributed by atoms with Crippen LogP contribution in [-0.4, -0.2) is 19.2 Å². The Kier molecular flexibility index (Phi) is 4.08. The minimum atomic E-state index is -0.715. The number of benzene rings is 1. The van der Waals surface area contributed by atoms with E-state index in [0.717, 1.165) is 0 Å². The van der Waals surface area contributed by atoms with Crippen LogP contribution in [0.3, 0.4) is 0 Å². The molecule has 0 radical (unpaired) electrons. The van der Waals surface area contributed by atoms with Crippen LogP contribution in [0.5, 0.6) is 5.75 Å². The third kappa shape index (κ3) is 3.20. The number of carbonyl (C=O) groups is 1. The summed E-state index contributed by atoms with van der Waals surface area (Å²) >= 11 is 3.02. The summed E-state index contributed by atoms with van der Waals surface area (Å²) in [7, 11) is 1.28.